The van der Waals surface area contributed by atoms with E-state index < -0.39 is 0 Å². The van der Waals surface area contributed by atoms with Gasteiger partial charge in [0, 0.05) is 45.8 Å². The minimum Gasteiger partial charge on any atom is -0.383 e. The maximum atomic E-state index is 12.6. The minimum atomic E-state index is -0.0657. The highest BCUT2D eigenvalue weighted by Crippen LogP contribution is 2.29. The zero-order valence-electron chi connectivity index (χ0n) is 14.0. The average molecular weight is 336 g/mol. The summed E-state index contributed by atoms with van der Waals surface area (Å²) in [5, 5.41) is 10.9. The number of piperidine rings is 1. The van der Waals surface area contributed by atoms with Crippen LogP contribution in [0.5, 0.6) is 0 Å². The second kappa shape index (κ2) is 7.69. The van der Waals surface area contributed by atoms with Gasteiger partial charge in [-0.3, -0.25) is 9.59 Å². The van der Waals surface area contributed by atoms with Crippen LogP contribution in [0.25, 0.3) is 0 Å². The SMILES string of the molecule is COCCN1C(=O)[C@H]2CC[C@@H]1CN(C(=O)CCCn1cnnn1)C2. The highest BCUT2D eigenvalue weighted by Gasteiger charge is 2.41. The van der Waals surface area contributed by atoms with Gasteiger partial charge in [0.15, 0.2) is 0 Å². The topological polar surface area (TPSA) is 93.5 Å². The number of amides is 2. The molecule has 3 saturated heterocycles. The van der Waals surface area contributed by atoms with Crippen LogP contribution in [0.2, 0.25) is 0 Å². The summed E-state index contributed by atoms with van der Waals surface area (Å²) in [6.07, 6.45) is 4.53. The summed E-state index contributed by atoms with van der Waals surface area (Å²) in [5.74, 6) is 0.220. The maximum absolute atomic E-state index is 12.6. The molecule has 1 aromatic rings. The Balaban J connectivity index is 1.55. The number of hydrogen-bond acceptors (Lipinski definition) is 6. The van der Waals surface area contributed by atoms with Crippen molar-refractivity contribution in [3.63, 3.8) is 0 Å². The summed E-state index contributed by atoms with van der Waals surface area (Å²) >= 11 is 0. The van der Waals surface area contributed by atoms with E-state index in [9.17, 15) is 9.59 Å². The van der Waals surface area contributed by atoms with Gasteiger partial charge in [-0.25, -0.2) is 4.68 Å². The standard InChI is InChI=1S/C15H24N6O3/c1-24-8-7-21-13-5-4-12(15(21)23)9-19(10-13)14(22)3-2-6-20-11-16-17-18-20/h11-13H,2-10H2,1H3/t12-,13+/m0/s1. The Morgan fingerprint density at radius 1 is 1.33 bits per heavy atom. The fourth-order valence-electron chi connectivity index (χ4n) is 3.56. The fraction of sp³-hybridized carbons (Fsp3) is 0.800. The molecule has 0 N–H and O–H groups in total. The van der Waals surface area contributed by atoms with Crippen LogP contribution in [0.3, 0.4) is 0 Å². The van der Waals surface area contributed by atoms with Crippen molar-refractivity contribution in [1.82, 2.24) is 30.0 Å². The quantitative estimate of drug-likeness (QED) is 0.669. The van der Waals surface area contributed by atoms with Crippen LogP contribution in [0, 0.1) is 5.92 Å². The fourth-order valence-corrected chi connectivity index (χ4v) is 3.56. The number of carbonyl (C=O) groups is 2. The van der Waals surface area contributed by atoms with E-state index in [2.05, 4.69) is 15.5 Å². The van der Waals surface area contributed by atoms with E-state index >= 15 is 0 Å². The van der Waals surface area contributed by atoms with Crippen molar-refractivity contribution in [3.05, 3.63) is 6.33 Å². The van der Waals surface area contributed by atoms with E-state index in [0.717, 1.165) is 12.8 Å². The van der Waals surface area contributed by atoms with Gasteiger partial charge in [0.2, 0.25) is 11.8 Å². The van der Waals surface area contributed by atoms with Crippen LogP contribution < -0.4 is 0 Å². The first-order valence-electron chi connectivity index (χ1n) is 8.47. The molecule has 4 heterocycles. The summed E-state index contributed by atoms with van der Waals surface area (Å²) < 4.78 is 6.73. The molecule has 9 heteroatoms. The second-order valence-corrected chi connectivity index (χ2v) is 6.43. The smallest absolute Gasteiger partial charge is 0.227 e. The molecule has 2 atom stereocenters. The molecule has 1 aromatic heterocycles. The summed E-state index contributed by atoms with van der Waals surface area (Å²) in [7, 11) is 1.64. The largest absolute Gasteiger partial charge is 0.383 e. The molecule has 0 unspecified atom stereocenters. The molecule has 0 radical (unpaired) electrons. The molecule has 9 nitrogen and oxygen atoms in total. The third-order valence-corrected chi connectivity index (χ3v) is 4.85. The van der Waals surface area contributed by atoms with Gasteiger partial charge in [-0.1, -0.05) is 0 Å². The van der Waals surface area contributed by atoms with Gasteiger partial charge in [0.05, 0.1) is 12.5 Å². The summed E-state index contributed by atoms with van der Waals surface area (Å²) in [6.45, 7) is 2.95. The second-order valence-electron chi connectivity index (χ2n) is 6.43. The number of carbonyl (C=O) groups excluding carboxylic acids is 2. The highest BCUT2D eigenvalue weighted by molar-refractivity contribution is 5.83. The van der Waals surface area contributed by atoms with Crippen LogP contribution in [-0.4, -0.2) is 81.2 Å². The van der Waals surface area contributed by atoms with Gasteiger partial charge in [0.1, 0.15) is 6.33 Å². The lowest BCUT2D eigenvalue weighted by atomic mass is 9.94. The van der Waals surface area contributed by atoms with Crippen molar-refractivity contribution in [3.8, 4) is 0 Å². The van der Waals surface area contributed by atoms with Crippen LogP contribution in [0.15, 0.2) is 6.33 Å². The number of nitrogens with zero attached hydrogens (tertiary/aromatic N) is 6. The lowest BCUT2D eigenvalue weighted by Gasteiger charge is -2.35. The third kappa shape index (κ3) is 3.72. The Morgan fingerprint density at radius 2 is 2.21 bits per heavy atom. The summed E-state index contributed by atoms with van der Waals surface area (Å²) in [6, 6.07) is 0.120. The third-order valence-electron chi connectivity index (χ3n) is 4.85. The molecule has 24 heavy (non-hydrogen) atoms. The number of ether oxygens (including phenoxy) is 1. The lowest BCUT2D eigenvalue weighted by Crippen LogP contribution is -2.49. The number of aryl methyl sites for hydroxylation is 1. The molecule has 0 spiro atoms. The van der Waals surface area contributed by atoms with E-state index in [1.165, 1.54) is 0 Å². The predicted octanol–water partition coefficient (Wildman–Crippen LogP) is -0.451. The number of hydrogen-bond donors (Lipinski definition) is 0. The van der Waals surface area contributed by atoms with Gasteiger partial charge < -0.3 is 14.5 Å². The molecule has 3 aliphatic heterocycles. The maximum Gasteiger partial charge on any atom is 0.227 e. The van der Waals surface area contributed by atoms with E-state index in [1.54, 1.807) is 18.1 Å². The first-order valence-corrected chi connectivity index (χ1v) is 8.47. The molecule has 0 aromatic carbocycles. The van der Waals surface area contributed by atoms with Crippen LogP contribution >= 0.6 is 0 Å². The number of methoxy groups -OCH3 is 1. The van der Waals surface area contributed by atoms with Crippen molar-refractivity contribution >= 4 is 11.8 Å². The van der Waals surface area contributed by atoms with E-state index in [0.29, 0.717) is 45.6 Å². The monoisotopic (exact) mass is 336 g/mol. The average Bonchev–Trinajstić information content (AvgIpc) is 2.94. The Kier molecular flexibility index (Phi) is 5.39. The first kappa shape index (κ1) is 16.8. The van der Waals surface area contributed by atoms with Crippen molar-refractivity contribution < 1.29 is 14.3 Å². The molecule has 0 saturated carbocycles. The molecular weight excluding hydrogens is 312 g/mol. The van der Waals surface area contributed by atoms with E-state index in [-0.39, 0.29) is 23.8 Å². The molecule has 132 valence electrons. The molecule has 3 fully saturated rings. The van der Waals surface area contributed by atoms with Crippen molar-refractivity contribution in [2.45, 2.75) is 38.3 Å². The van der Waals surface area contributed by atoms with Gasteiger partial charge in [-0.2, -0.15) is 0 Å². The molecular formula is C15H24N6O3. The van der Waals surface area contributed by atoms with E-state index in [4.69, 9.17) is 4.74 Å². The number of aromatic nitrogens is 4. The van der Waals surface area contributed by atoms with Gasteiger partial charge in [-0.05, 0) is 29.7 Å². The van der Waals surface area contributed by atoms with Crippen molar-refractivity contribution in [1.29, 1.82) is 0 Å². The molecule has 2 amide bonds. The van der Waals surface area contributed by atoms with Gasteiger partial charge in [0.25, 0.3) is 0 Å². The number of rotatable bonds is 7. The summed E-state index contributed by atoms with van der Waals surface area (Å²) in [4.78, 5) is 28.9. The predicted molar refractivity (Wildman–Crippen MR) is 83.7 cm³/mol. The lowest BCUT2D eigenvalue weighted by molar-refractivity contribution is -0.140. The van der Waals surface area contributed by atoms with Crippen LogP contribution in [0.1, 0.15) is 25.7 Å². The van der Waals surface area contributed by atoms with Gasteiger partial charge >= 0.3 is 0 Å². The number of fused-ring (bicyclic) bond motifs is 4. The Hall–Kier alpha value is -2.03. The van der Waals surface area contributed by atoms with Crippen molar-refractivity contribution in [2.75, 3.05) is 33.4 Å². The van der Waals surface area contributed by atoms with Crippen LogP contribution in [0.4, 0.5) is 0 Å². The first-order chi connectivity index (χ1) is 11.7. The molecule has 2 bridgehead atoms. The summed E-state index contributed by atoms with van der Waals surface area (Å²) in [5.41, 5.74) is 0. The number of tetrazole rings is 1. The Bertz CT molecular complexity index is 564. The zero-order valence-corrected chi connectivity index (χ0v) is 14.0. The Morgan fingerprint density at radius 3 is 2.96 bits per heavy atom. The molecule has 4 rings (SSSR count). The van der Waals surface area contributed by atoms with Crippen LogP contribution in [-0.2, 0) is 20.9 Å². The molecule has 0 aliphatic carbocycles. The minimum absolute atomic E-state index is 0.0657. The van der Waals surface area contributed by atoms with Crippen molar-refractivity contribution in [2.24, 2.45) is 5.92 Å². The zero-order chi connectivity index (χ0) is 16.9. The Labute approximate surface area is 140 Å². The normalized spacial score (nSPS) is 23.6. The molecule has 3 aliphatic rings. The highest BCUT2D eigenvalue weighted by atomic mass is 16.5. The van der Waals surface area contributed by atoms with E-state index in [1.807, 2.05) is 9.80 Å². The van der Waals surface area contributed by atoms with Gasteiger partial charge in [-0.15, -0.1) is 5.10 Å².